The zero-order valence-corrected chi connectivity index (χ0v) is 12.4. The summed E-state index contributed by atoms with van der Waals surface area (Å²) < 4.78 is 26.7. The molecule has 1 fully saturated rings. The van der Waals surface area contributed by atoms with Crippen molar-refractivity contribution < 1.29 is 8.42 Å². The van der Waals surface area contributed by atoms with Gasteiger partial charge in [0.15, 0.2) is 0 Å². The molecule has 0 spiro atoms. The molecule has 0 bridgehead atoms. The number of hydrogen-bond acceptors (Lipinski definition) is 5. The first-order chi connectivity index (χ1) is 8.95. The predicted molar refractivity (Wildman–Crippen MR) is 74.2 cm³/mol. The molecule has 7 heteroatoms. The van der Waals surface area contributed by atoms with Crippen LogP contribution in [0.1, 0.15) is 24.6 Å². The van der Waals surface area contributed by atoms with Gasteiger partial charge < -0.3 is 5.73 Å². The average molecular weight is 299 g/mol. The molecule has 2 rings (SSSR count). The van der Waals surface area contributed by atoms with Crippen LogP contribution in [-0.4, -0.2) is 31.9 Å². The highest BCUT2D eigenvalue weighted by atomic mass is 32.2. The molecule has 2 atom stereocenters. The molecule has 2 unspecified atom stereocenters. The Morgan fingerprint density at radius 2 is 2.32 bits per heavy atom. The van der Waals surface area contributed by atoms with Crippen LogP contribution < -0.4 is 5.73 Å². The van der Waals surface area contributed by atoms with Crippen LogP contribution in [0.4, 0.5) is 0 Å². The van der Waals surface area contributed by atoms with Gasteiger partial charge in [-0.2, -0.15) is 9.57 Å². The third-order valence-corrected chi connectivity index (χ3v) is 6.77. The Morgan fingerprint density at radius 1 is 1.58 bits per heavy atom. The van der Waals surface area contributed by atoms with E-state index in [2.05, 4.69) is 0 Å². The van der Waals surface area contributed by atoms with Gasteiger partial charge in [-0.05, 0) is 37.8 Å². The molecule has 0 radical (unpaired) electrons. The molecule has 0 aromatic carbocycles. The van der Waals surface area contributed by atoms with Gasteiger partial charge in [-0.3, -0.25) is 0 Å². The van der Waals surface area contributed by atoms with Crippen molar-refractivity contribution in [2.75, 3.05) is 13.1 Å². The fourth-order valence-electron chi connectivity index (χ4n) is 2.27. The summed E-state index contributed by atoms with van der Waals surface area (Å²) in [5.41, 5.74) is 5.88. The van der Waals surface area contributed by atoms with Crippen LogP contribution in [0.3, 0.4) is 0 Å². The fourth-order valence-corrected chi connectivity index (χ4v) is 5.06. The van der Waals surface area contributed by atoms with E-state index in [0.717, 1.165) is 24.2 Å². The van der Waals surface area contributed by atoms with E-state index in [1.165, 1.54) is 10.4 Å². The lowest BCUT2D eigenvalue weighted by molar-refractivity contribution is 0.243. The first kappa shape index (κ1) is 14.5. The minimum Gasteiger partial charge on any atom is -0.328 e. The second kappa shape index (κ2) is 5.59. The van der Waals surface area contributed by atoms with Crippen LogP contribution in [0.2, 0.25) is 0 Å². The van der Waals surface area contributed by atoms with Crippen molar-refractivity contribution in [3.05, 3.63) is 17.0 Å². The average Bonchev–Trinajstić information content (AvgIpc) is 2.88. The van der Waals surface area contributed by atoms with Crippen LogP contribution in [0.25, 0.3) is 0 Å². The standard InChI is InChI=1S/C12H17N3O2S2/c1-9(14)10-3-2-6-15(8-10)19(16,17)12-5-4-11(7-13)18-12/h4-5,9-10H,2-3,6,8,14H2,1H3. The second-order valence-electron chi connectivity index (χ2n) is 4.85. The quantitative estimate of drug-likeness (QED) is 0.913. The third-order valence-electron chi connectivity index (χ3n) is 3.45. The molecule has 104 valence electrons. The minimum absolute atomic E-state index is 0.00370. The number of thiophene rings is 1. The van der Waals surface area contributed by atoms with Crippen molar-refractivity contribution in [1.82, 2.24) is 4.31 Å². The number of nitrogens with zero attached hydrogens (tertiary/aromatic N) is 2. The summed E-state index contributed by atoms with van der Waals surface area (Å²) in [6.07, 6.45) is 1.81. The number of nitrogens with two attached hydrogens (primary N) is 1. The van der Waals surface area contributed by atoms with Gasteiger partial charge in [0.1, 0.15) is 15.2 Å². The minimum atomic E-state index is -3.47. The van der Waals surface area contributed by atoms with E-state index in [1.807, 2.05) is 13.0 Å². The smallest absolute Gasteiger partial charge is 0.252 e. The van der Waals surface area contributed by atoms with E-state index in [-0.39, 0.29) is 16.2 Å². The number of rotatable bonds is 3. The van der Waals surface area contributed by atoms with Gasteiger partial charge in [0.2, 0.25) is 0 Å². The van der Waals surface area contributed by atoms with E-state index in [1.54, 1.807) is 6.07 Å². The lowest BCUT2D eigenvalue weighted by Gasteiger charge is -2.33. The molecule has 0 amide bonds. The molecular formula is C12H17N3O2S2. The highest BCUT2D eigenvalue weighted by molar-refractivity contribution is 7.91. The zero-order valence-electron chi connectivity index (χ0n) is 10.7. The maximum Gasteiger partial charge on any atom is 0.252 e. The second-order valence-corrected chi connectivity index (χ2v) is 8.10. The van der Waals surface area contributed by atoms with E-state index >= 15 is 0 Å². The molecule has 0 saturated carbocycles. The van der Waals surface area contributed by atoms with Crippen molar-refractivity contribution in [3.8, 4) is 6.07 Å². The zero-order chi connectivity index (χ0) is 14.0. The summed E-state index contributed by atoms with van der Waals surface area (Å²) in [6.45, 7) is 2.92. The molecule has 0 aliphatic carbocycles. The highest BCUT2D eigenvalue weighted by Gasteiger charge is 2.32. The first-order valence-electron chi connectivity index (χ1n) is 6.21. The Hall–Kier alpha value is -0.940. The Labute approximate surface area is 117 Å². The van der Waals surface area contributed by atoms with Gasteiger partial charge in [-0.1, -0.05) is 0 Å². The molecule has 1 aromatic heterocycles. The number of nitriles is 1. The van der Waals surface area contributed by atoms with Crippen LogP contribution in [0.5, 0.6) is 0 Å². The predicted octanol–water partition coefficient (Wildman–Crippen LogP) is 1.37. The van der Waals surface area contributed by atoms with Crippen LogP contribution in [-0.2, 0) is 10.0 Å². The van der Waals surface area contributed by atoms with Crippen molar-refractivity contribution in [3.63, 3.8) is 0 Å². The number of sulfonamides is 1. The molecule has 5 nitrogen and oxygen atoms in total. The Kier molecular flexibility index (Phi) is 4.26. The molecule has 2 N–H and O–H groups in total. The highest BCUT2D eigenvalue weighted by Crippen LogP contribution is 2.28. The van der Waals surface area contributed by atoms with Gasteiger partial charge in [-0.15, -0.1) is 11.3 Å². The van der Waals surface area contributed by atoms with Crippen LogP contribution >= 0.6 is 11.3 Å². The van der Waals surface area contributed by atoms with Gasteiger partial charge in [0, 0.05) is 19.1 Å². The molecule has 1 aliphatic heterocycles. The largest absolute Gasteiger partial charge is 0.328 e. The maximum atomic E-state index is 12.5. The van der Waals surface area contributed by atoms with Gasteiger partial charge in [0.05, 0.1) is 0 Å². The fraction of sp³-hybridized carbons (Fsp3) is 0.583. The summed E-state index contributed by atoms with van der Waals surface area (Å²) in [5.74, 6) is 0.207. The van der Waals surface area contributed by atoms with Crippen molar-refractivity contribution >= 4 is 21.4 Å². The topological polar surface area (TPSA) is 87.2 Å². The maximum absolute atomic E-state index is 12.5. The van der Waals surface area contributed by atoms with E-state index in [0.29, 0.717) is 18.0 Å². The summed E-state index contributed by atoms with van der Waals surface area (Å²) in [4.78, 5) is 0.416. The molecule has 2 heterocycles. The van der Waals surface area contributed by atoms with E-state index in [9.17, 15) is 8.42 Å². The SMILES string of the molecule is CC(N)C1CCCN(S(=O)(=O)c2ccc(C#N)s2)C1. The van der Waals surface area contributed by atoms with Crippen molar-refractivity contribution in [1.29, 1.82) is 5.26 Å². The Bertz CT molecular complexity index is 586. The Balaban J connectivity index is 2.22. The number of piperidine rings is 1. The lowest BCUT2D eigenvalue weighted by Crippen LogP contribution is -2.44. The summed E-state index contributed by atoms with van der Waals surface area (Å²) in [5, 5.41) is 8.78. The van der Waals surface area contributed by atoms with Crippen LogP contribution in [0, 0.1) is 17.2 Å². The number of hydrogen-bond donors (Lipinski definition) is 1. The van der Waals surface area contributed by atoms with Crippen molar-refractivity contribution in [2.24, 2.45) is 11.7 Å². The lowest BCUT2D eigenvalue weighted by atomic mass is 9.93. The van der Waals surface area contributed by atoms with Gasteiger partial charge in [0.25, 0.3) is 10.0 Å². The molecule has 1 aromatic rings. The van der Waals surface area contributed by atoms with Crippen LogP contribution in [0.15, 0.2) is 16.3 Å². The van der Waals surface area contributed by atoms with E-state index in [4.69, 9.17) is 11.0 Å². The van der Waals surface area contributed by atoms with Crippen molar-refractivity contribution in [2.45, 2.75) is 30.0 Å². The van der Waals surface area contributed by atoms with E-state index < -0.39 is 10.0 Å². The Morgan fingerprint density at radius 3 is 2.89 bits per heavy atom. The summed E-state index contributed by atoms with van der Waals surface area (Å²) in [6, 6.07) is 5.02. The van der Waals surface area contributed by atoms with Gasteiger partial charge in [-0.25, -0.2) is 8.42 Å². The molecule has 1 aliphatic rings. The molecular weight excluding hydrogens is 282 g/mol. The molecule has 19 heavy (non-hydrogen) atoms. The summed E-state index contributed by atoms with van der Waals surface area (Å²) in [7, 11) is -3.47. The monoisotopic (exact) mass is 299 g/mol. The summed E-state index contributed by atoms with van der Waals surface area (Å²) >= 11 is 1.02. The normalized spacial score (nSPS) is 22.9. The van der Waals surface area contributed by atoms with Gasteiger partial charge >= 0.3 is 0 Å². The molecule has 1 saturated heterocycles. The third kappa shape index (κ3) is 2.98. The first-order valence-corrected chi connectivity index (χ1v) is 8.46.